The maximum Gasteiger partial charge on any atom is 0.270 e. The molecule has 1 saturated heterocycles. The standard InChI is InChI=1S/C15H22N2O2/c1-16-9-3-4-12(16)14(18)17-10-7-15(8-11-17)6-5-13(15)19-2/h3-4,9,13H,5-8,10-11H2,1-2H3. The Morgan fingerprint density at radius 1 is 1.37 bits per heavy atom. The van der Waals surface area contributed by atoms with E-state index in [-0.39, 0.29) is 5.91 Å². The van der Waals surface area contributed by atoms with E-state index >= 15 is 0 Å². The van der Waals surface area contributed by atoms with Gasteiger partial charge in [0.15, 0.2) is 0 Å². The van der Waals surface area contributed by atoms with E-state index in [1.54, 1.807) is 0 Å². The minimum atomic E-state index is 0.163. The van der Waals surface area contributed by atoms with Gasteiger partial charge in [-0.15, -0.1) is 0 Å². The molecule has 1 aromatic rings. The lowest BCUT2D eigenvalue weighted by molar-refractivity contribution is -0.116. The first-order valence-electron chi connectivity index (χ1n) is 7.10. The number of ether oxygens (including phenoxy) is 1. The van der Waals surface area contributed by atoms with Gasteiger partial charge in [0, 0.05) is 38.9 Å². The lowest BCUT2D eigenvalue weighted by atomic mass is 9.61. The molecule has 1 unspecified atom stereocenters. The predicted molar refractivity (Wildman–Crippen MR) is 73.0 cm³/mol. The summed E-state index contributed by atoms with van der Waals surface area (Å²) in [5.41, 5.74) is 1.15. The second-order valence-electron chi connectivity index (χ2n) is 5.92. The molecule has 1 aliphatic heterocycles. The number of likely N-dealkylation sites (tertiary alicyclic amines) is 1. The molecule has 104 valence electrons. The normalized spacial score (nSPS) is 25.4. The van der Waals surface area contributed by atoms with Crippen LogP contribution >= 0.6 is 0 Å². The van der Waals surface area contributed by atoms with Crippen molar-refractivity contribution >= 4 is 5.91 Å². The summed E-state index contributed by atoms with van der Waals surface area (Å²) in [6.07, 6.45) is 6.95. The first-order chi connectivity index (χ1) is 9.16. The summed E-state index contributed by atoms with van der Waals surface area (Å²) in [5, 5.41) is 0. The summed E-state index contributed by atoms with van der Waals surface area (Å²) in [7, 11) is 3.73. The number of nitrogens with zero attached hydrogens (tertiary/aromatic N) is 2. The lowest BCUT2D eigenvalue weighted by Crippen LogP contribution is -2.54. The van der Waals surface area contributed by atoms with Crippen molar-refractivity contribution < 1.29 is 9.53 Å². The van der Waals surface area contributed by atoms with Crippen molar-refractivity contribution in [1.29, 1.82) is 0 Å². The molecule has 19 heavy (non-hydrogen) atoms. The zero-order valence-electron chi connectivity index (χ0n) is 11.8. The molecule has 4 heteroatoms. The van der Waals surface area contributed by atoms with Crippen LogP contribution in [0.5, 0.6) is 0 Å². The number of carbonyl (C=O) groups excluding carboxylic acids is 1. The number of amides is 1. The van der Waals surface area contributed by atoms with Crippen LogP contribution in [-0.2, 0) is 11.8 Å². The Balaban J connectivity index is 1.65. The molecule has 3 rings (SSSR count). The molecule has 0 N–H and O–H groups in total. The number of carbonyl (C=O) groups is 1. The SMILES string of the molecule is COC1CCC12CCN(C(=O)c1cccn1C)CC2. The van der Waals surface area contributed by atoms with Crippen LogP contribution in [0.2, 0.25) is 0 Å². The Kier molecular flexibility index (Phi) is 3.13. The zero-order chi connectivity index (χ0) is 13.5. The van der Waals surface area contributed by atoms with Gasteiger partial charge < -0.3 is 14.2 Å². The number of hydrogen-bond donors (Lipinski definition) is 0. The van der Waals surface area contributed by atoms with Crippen molar-refractivity contribution in [1.82, 2.24) is 9.47 Å². The van der Waals surface area contributed by atoms with Gasteiger partial charge in [0.1, 0.15) is 5.69 Å². The van der Waals surface area contributed by atoms with Gasteiger partial charge in [-0.1, -0.05) is 0 Å². The Labute approximate surface area is 114 Å². The van der Waals surface area contributed by atoms with Crippen LogP contribution in [0.15, 0.2) is 18.3 Å². The molecule has 1 aliphatic carbocycles. The van der Waals surface area contributed by atoms with Gasteiger partial charge in [-0.25, -0.2) is 0 Å². The third kappa shape index (κ3) is 1.98. The van der Waals surface area contributed by atoms with Crippen molar-refractivity contribution in [2.24, 2.45) is 12.5 Å². The van der Waals surface area contributed by atoms with Crippen LogP contribution in [0.4, 0.5) is 0 Å². The topological polar surface area (TPSA) is 34.5 Å². The second kappa shape index (κ2) is 4.67. The third-order valence-corrected chi connectivity index (χ3v) is 5.08. The zero-order valence-corrected chi connectivity index (χ0v) is 11.8. The van der Waals surface area contributed by atoms with Crippen LogP contribution < -0.4 is 0 Å². The summed E-state index contributed by atoms with van der Waals surface area (Å²) >= 11 is 0. The Morgan fingerprint density at radius 3 is 2.58 bits per heavy atom. The van der Waals surface area contributed by atoms with Crippen molar-refractivity contribution in [3.63, 3.8) is 0 Å². The van der Waals surface area contributed by atoms with Gasteiger partial charge in [-0.3, -0.25) is 4.79 Å². The maximum absolute atomic E-state index is 12.4. The predicted octanol–water partition coefficient (Wildman–Crippen LogP) is 2.06. The molecule has 1 atom stereocenters. The second-order valence-corrected chi connectivity index (χ2v) is 5.92. The van der Waals surface area contributed by atoms with Gasteiger partial charge >= 0.3 is 0 Å². The molecule has 1 spiro atoms. The minimum absolute atomic E-state index is 0.163. The fourth-order valence-corrected chi connectivity index (χ4v) is 3.61. The van der Waals surface area contributed by atoms with Crippen LogP contribution in [0.1, 0.15) is 36.2 Å². The summed E-state index contributed by atoms with van der Waals surface area (Å²) in [5.74, 6) is 0.163. The largest absolute Gasteiger partial charge is 0.381 e. The highest BCUT2D eigenvalue weighted by molar-refractivity contribution is 5.92. The number of methoxy groups -OCH3 is 1. The number of hydrogen-bond acceptors (Lipinski definition) is 2. The van der Waals surface area contributed by atoms with E-state index in [0.29, 0.717) is 11.5 Å². The van der Waals surface area contributed by atoms with Crippen LogP contribution in [0.3, 0.4) is 0 Å². The first kappa shape index (κ1) is 12.7. The maximum atomic E-state index is 12.4. The first-order valence-corrected chi connectivity index (χ1v) is 7.10. The molecule has 0 radical (unpaired) electrons. The summed E-state index contributed by atoms with van der Waals surface area (Å²) in [6.45, 7) is 1.73. The van der Waals surface area contributed by atoms with Gasteiger partial charge in [0.05, 0.1) is 6.10 Å². The Bertz CT molecular complexity index is 470. The highest BCUT2D eigenvalue weighted by atomic mass is 16.5. The summed E-state index contributed by atoms with van der Waals surface area (Å²) in [4.78, 5) is 14.4. The minimum Gasteiger partial charge on any atom is -0.381 e. The molecule has 1 amide bonds. The quantitative estimate of drug-likeness (QED) is 0.817. The molecule has 2 aliphatic rings. The number of piperidine rings is 1. The van der Waals surface area contributed by atoms with Crippen molar-refractivity contribution in [2.75, 3.05) is 20.2 Å². The molecule has 0 aromatic carbocycles. The molecule has 1 aromatic heterocycles. The summed E-state index contributed by atoms with van der Waals surface area (Å²) < 4.78 is 7.46. The van der Waals surface area contributed by atoms with Gasteiger partial charge in [-0.2, -0.15) is 0 Å². The molecular formula is C15H22N2O2. The van der Waals surface area contributed by atoms with Crippen molar-refractivity contribution in [3.8, 4) is 0 Å². The van der Waals surface area contributed by atoms with Crippen LogP contribution in [-0.4, -0.2) is 41.7 Å². The monoisotopic (exact) mass is 262 g/mol. The molecule has 1 saturated carbocycles. The number of aryl methyl sites for hydroxylation is 1. The molecule has 0 bridgehead atoms. The molecule has 2 heterocycles. The van der Waals surface area contributed by atoms with E-state index in [2.05, 4.69) is 0 Å². The Hall–Kier alpha value is -1.29. The smallest absolute Gasteiger partial charge is 0.270 e. The van der Waals surface area contributed by atoms with E-state index in [0.717, 1.165) is 31.6 Å². The van der Waals surface area contributed by atoms with E-state index in [1.807, 2.05) is 42.0 Å². The van der Waals surface area contributed by atoms with Gasteiger partial charge in [0.2, 0.25) is 0 Å². The van der Waals surface area contributed by atoms with Gasteiger partial charge in [-0.05, 0) is 37.8 Å². The van der Waals surface area contributed by atoms with E-state index < -0.39 is 0 Å². The average Bonchev–Trinajstić information content (AvgIpc) is 2.84. The Morgan fingerprint density at radius 2 is 2.11 bits per heavy atom. The highest BCUT2D eigenvalue weighted by Crippen LogP contribution is 2.50. The van der Waals surface area contributed by atoms with Crippen LogP contribution in [0.25, 0.3) is 0 Å². The molecular weight excluding hydrogens is 240 g/mol. The number of rotatable bonds is 2. The summed E-state index contributed by atoms with van der Waals surface area (Å²) in [6, 6.07) is 3.82. The third-order valence-electron chi connectivity index (χ3n) is 5.08. The lowest BCUT2D eigenvalue weighted by Gasteiger charge is -2.53. The number of aromatic nitrogens is 1. The fourth-order valence-electron chi connectivity index (χ4n) is 3.61. The van der Waals surface area contributed by atoms with E-state index in [1.165, 1.54) is 12.8 Å². The van der Waals surface area contributed by atoms with Crippen LogP contribution in [0, 0.1) is 5.41 Å². The molecule has 4 nitrogen and oxygen atoms in total. The van der Waals surface area contributed by atoms with Crippen molar-refractivity contribution in [3.05, 3.63) is 24.0 Å². The molecule has 2 fully saturated rings. The van der Waals surface area contributed by atoms with E-state index in [4.69, 9.17) is 4.74 Å². The van der Waals surface area contributed by atoms with Crippen molar-refractivity contribution in [2.45, 2.75) is 31.8 Å². The van der Waals surface area contributed by atoms with Gasteiger partial charge in [0.25, 0.3) is 5.91 Å². The fraction of sp³-hybridized carbons (Fsp3) is 0.667. The highest BCUT2D eigenvalue weighted by Gasteiger charge is 2.49. The average molecular weight is 262 g/mol. The van der Waals surface area contributed by atoms with E-state index in [9.17, 15) is 4.79 Å².